The number of fused-ring (bicyclic) bond motifs is 1. The number of hydrazone groups is 1. The molecule has 2 heterocycles. The Morgan fingerprint density at radius 1 is 1.15 bits per heavy atom. The zero-order valence-electron chi connectivity index (χ0n) is 18.6. The molecule has 1 aliphatic heterocycles. The second kappa shape index (κ2) is 9.90. The summed E-state index contributed by atoms with van der Waals surface area (Å²) in [5, 5.41) is 8.43. The normalized spacial score (nSPS) is 15.1. The monoisotopic (exact) mass is 485 g/mol. The first-order valence-corrected chi connectivity index (χ1v) is 12.6. The van der Waals surface area contributed by atoms with Crippen molar-refractivity contribution in [3.63, 3.8) is 0 Å². The molecule has 33 heavy (non-hydrogen) atoms. The van der Waals surface area contributed by atoms with Gasteiger partial charge in [0.2, 0.25) is 10.0 Å². The third-order valence-electron chi connectivity index (χ3n) is 5.64. The lowest BCUT2D eigenvalue weighted by Crippen LogP contribution is -2.35. The fraction of sp³-hybridized carbons (Fsp3) is 0.304. The van der Waals surface area contributed by atoms with Crippen LogP contribution in [-0.2, 0) is 17.1 Å². The van der Waals surface area contributed by atoms with E-state index in [2.05, 4.69) is 15.8 Å². The lowest BCUT2D eigenvalue weighted by molar-refractivity contribution is 0.346. The number of thiocarbonyl (C=S) groups is 1. The number of hydrogen-bond acceptors (Lipinski definition) is 5. The van der Waals surface area contributed by atoms with Gasteiger partial charge in [-0.2, -0.15) is 9.41 Å². The molecule has 2 N–H and O–H groups in total. The molecule has 10 heteroatoms. The predicted octanol–water partition coefficient (Wildman–Crippen LogP) is 3.68. The molecule has 2 aromatic carbocycles. The van der Waals surface area contributed by atoms with Crippen LogP contribution in [0.15, 0.2) is 58.7 Å². The van der Waals surface area contributed by atoms with E-state index in [-0.39, 0.29) is 0 Å². The topological polar surface area (TPSA) is 88.0 Å². The fourth-order valence-electron chi connectivity index (χ4n) is 3.94. The van der Waals surface area contributed by atoms with Crippen molar-refractivity contribution in [3.8, 4) is 5.75 Å². The Kier molecular flexibility index (Phi) is 6.96. The summed E-state index contributed by atoms with van der Waals surface area (Å²) in [4.78, 5) is 0.306. The molecule has 0 unspecified atom stereocenters. The van der Waals surface area contributed by atoms with Crippen molar-refractivity contribution in [1.29, 1.82) is 0 Å². The van der Waals surface area contributed by atoms with Gasteiger partial charge < -0.3 is 14.6 Å². The fourth-order valence-corrected chi connectivity index (χ4v) is 5.65. The van der Waals surface area contributed by atoms with Crippen molar-refractivity contribution in [1.82, 2.24) is 14.3 Å². The molecule has 8 nitrogen and oxygen atoms in total. The SMILES string of the molecule is COc1cccc(NC(=S)N/N=C/c2cn(C)c3ccc(S(=O)(=O)N4CCCCC4)cc23)c1. The number of methoxy groups -OCH3 is 1. The van der Waals surface area contributed by atoms with Crippen LogP contribution in [0.25, 0.3) is 10.9 Å². The summed E-state index contributed by atoms with van der Waals surface area (Å²) in [6, 6.07) is 12.7. The van der Waals surface area contributed by atoms with Gasteiger partial charge in [0.05, 0.1) is 18.2 Å². The number of nitrogens with one attached hydrogen (secondary N) is 2. The molecule has 0 aliphatic carbocycles. The summed E-state index contributed by atoms with van der Waals surface area (Å²) in [5.74, 6) is 0.720. The lowest BCUT2D eigenvalue weighted by Gasteiger charge is -2.25. The number of aryl methyl sites for hydroxylation is 1. The summed E-state index contributed by atoms with van der Waals surface area (Å²) in [6.07, 6.45) is 6.43. The number of sulfonamides is 1. The van der Waals surface area contributed by atoms with Gasteiger partial charge in [-0.1, -0.05) is 12.5 Å². The lowest BCUT2D eigenvalue weighted by atomic mass is 10.2. The van der Waals surface area contributed by atoms with E-state index in [1.807, 2.05) is 48.1 Å². The number of nitrogens with zero attached hydrogens (tertiary/aromatic N) is 3. The minimum Gasteiger partial charge on any atom is -0.497 e. The van der Waals surface area contributed by atoms with E-state index in [0.29, 0.717) is 23.1 Å². The molecule has 0 atom stereocenters. The Morgan fingerprint density at radius 2 is 1.94 bits per heavy atom. The van der Waals surface area contributed by atoms with Gasteiger partial charge in [0.1, 0.15) is 5.75 Å². The molecule has 1 saturated heterocycles. The van der Waals surface area contributed by atoms with Crippen molar-refractivity contribution in [3.05, 3.63) is 54.2 Å². The largest absolute Gasteiger partial charge is 0.497 e. The van der Waals surface area contributed by atoms with Gasteiger partial charge in [0, 0.05) is 54.6 Å². The number of anilines is 1. The summed E-state index contributed by atoms with van der Waals surface area (Å²) in [6.45, 7) is 1.15. The summed E-state index contributed by atoms with van der Waals surface area (Å²) in [7, 11) is 0.00967. The second-order valence-corrected chi connectivity index (χ2v) is 10.2. The molecule has 0 radical (unpaired) electrons. The van der Waals surface area contributed by atoms with Crippen LogP contribution in [0.5, 0.6) is 5.75 Å². The molecule has 174 valence electrons. The summed E-state index contributed by atoms with van der Waals surface area (Å²) in [5.41, 5.74) is 5.29. The maximum atomic E-state index is 13.1. The number of hydrogen-bond donors (Lipinski definition) is 2. The predicted molar refractivity (Wildman–Crippen MR) is 135 cm³/mol. The van der Waals surface area contributed by atoms with Crippen LogP contribution in [0, 0.1) is 0 Å². The Morgan fingerprint density at radius 3 is 2.70 bits per heavy atom. The van der Waals surface area contributed by atoms with Crippen LogP contribution in [0.4, 0.5) is 5.69 Å². The van der Waals surface area contributed by atoms with Gasteiger partial charge in [0.25, 0.3) is 0 Å². The average Bonchev–Trinajstić information content (AvgIpc) is 3.14. The second-order valence-electron chi connectivity index (χ2n) is 7.90. The summed E-state index contributed by atoms with van der Waals surface area (Å²) < 4.78 is 35.0. The van der Waals surface area contributed by atoms with E-state index < -0.39 is 10.0 Å². The van der Waals surface area contributed by atoms with Gasteiger partial charge in [0.15, 0.2) is 5.11 Å². The Balaban J connectivity index is 1.52. The highest BCUT2D eigenvalue weighted by Crippen LogP contribution is 2.26. The Bertz CT molecular complexity index is 1290. The zero-order chi connectivity index (χ0) is 23.4. The molecule has 0 bridgehead atoms. The van der Waals surface area contributed by atoms with E-state index in [1.165, 1.54) is 0 Å². The van der Waals surface area contributed by atoms with Crippen molar-refractivity contribution >= 4 is 50.2 Å². The molecule has 0 saturated carbocycles. The number of benzene rings is 2. The molecule has 4 rings (SSSR count). The minimum absolute atomic E-state index is 0.306. The number of piperidine rings is 1. The molecule has 1 aromatic heterocycles. The van der Waals surface area contributed by atoms with Gasteiger partial charge >= 0.3 is 0 Å². The van der Waals surface area contributed by atoms with Crippen molar-refractivity contribution in [2.75, 3.05) is 25.5 Å². The molecule has 1 aliphatic rings. The van der Waals surface area contributed by atoms with E-state index in [9.17, 15) is 8.42 Å². The third-order valence-corrected chi connectivity index (χ3v) is 7.73. The van der Waals surface area contributed by atoms with Crippen molar-refractivity contribution < 1.29 is 13.2 Å². The van der Waals surface area contributed by atoms with Crippen LogP contribution in [0.3, 0.4) is 0 Å². The Labute approximate surface area is 199 Å². The van der Waals surface area contributed by atoms with E-state index in [0.717, 1.165) is 47.2 Å². The molecule has 0 spiro atoms. The van der Waals surface area contributed by atoms with Crippen molar-refractivity contribution in [2.45, 2.75) is 24.2 Å². The maximum Gasteiger partial charge on any atom is 0.243 e. The van der Waals surface area contributed by atoms with Gasteiger partial charge in [-0.3, -0.25) is 5.43 Å². The Hall–Kier alpha value is -2.95. The van der Waals surface area contributed by atoms with Gasteiger partial charge in [-0.05, 0) is 55.4 Å². The molecule has 0 amide bonds. The van der Waals surface area contributed by atoms with Crippen LogP contribution >= 0.6 is 12.2 Å². The maximum absolute atomic E-state index is 13.1. The average molecular weight is 486 g/mol. The van der Waals surface area contributed by atoms with Crippen molar-refractivity contribution in [2.24, 2.45) is 12.1 Å². The highest BCUT2D eigenvalue weighted by Gasteiger charge is 2.26. The van der Waals surface area contributed by atoms with E-state index >= 15 is 0 Å². The van der Waals surface area contributed by atoms with Gasteiger partial charge in [-0.15, -0.1) is 0 Å². The zero-order valence-corrected chi connectivity index (χ0v) is 20.2. The molecule has 1 fully saturated rings. The first-order chi connectivity index (χ1) is 15.9. The minimum atomic E-state index is -3.51. The molecular formula is C23H27N5O3S2. The highest BCUT2D eigenvalue weighted by atomic mass is 32.2. The summed E-state index contributed by atoms with van der Waals surface area (Å²) >= 11 is 5.31. The number of ether oxygens (including phenoxy) is 1. The highest BCUT2D eigenvalue weighted by molar-refractivity contribution is 7.89. The first kappa shape index (κ1) is 23.2. The van der Waals surface area contributed by atoms with E-state index in [4.69, 9.17) is 17.0 Å². The van der Waals surface area contributed by atoms with Crippen LogP contribution in [0.2, 0.25) is 0 Å². The van der Waals surface area contributed by atoms with Crippen LogP contribution < -0.4 is 15.5 Å². The number of rotatable bonds is 6. The standard InChI is InChI=1S/C23H27N5O3S2/c1-27-16-17(15-24-26-23(32)25-18-7-6-8-19(13-18)31-2)21-14-20(9-10-22(21)27)33(29,30)28-11-4-3-5-12-28/h6-10,13-16H,3-5,11-12H2,1-2H3,(H2,25,26,32)/b24-15+. The van der Waals surface area contributed by atoms with Gasteiger partial charge in [-0.25, -0.2) is 8.42 Å². The number of aromatic nitrogens is 1. The van der Waals surface area contributed by atoms with E-state index in [1.54, 1.807) is 29.8 Å². The molecule has 3 aromatic rings. The first-order valence-electron chi connectivity index (χ1n) is 10.7. The third kappa shape index (κ3) is 5.18. The quantitative estimate of drug-likeness (QED) is 0.315. The smallest absolute Gasteiger partial charge is 0.243 e. The molecular weight excluding hydrogens is 458 g/mol. The van der Waals surface area contributed by atoms with Crippen LogP contribution in [-0.4, -0.2) is 48.8 Å². The van der Waals surface area contributed by atoms with Crippen LogP contribution in [0.1, 0.15) is 24.8 Å².